The predicted octanol–water partition coefficient (Wildman–Crippen LogP) is -2.59. The average molecular weight is 855 g/mol. The summed E-state index contributed by atoms with van der Waals surface area (Å²) in [4.78, 5) is 0. The summed E-state index contributed by atoms with van der Waals surface area (Å²) >= 11 is 0. The first-order chi connectivity index (χ1) is 26.9. The Labute approximate surface area is 340 Å². The molecule has 0 amide bonds. The average Bonchev–Trinajstić information content (AvgIpc) is 3.19. The molecule has 0 saturated carbocycles. The number of aliphatic hydroxyl groups excluding tert-OH is 14. The summed E-state index contributed by atoms with van der Waals surface area (Å²) in [5.74, 6) is 0. The van der Waals surface area contributed by atoms with Crippen LogP contribution >= 0.6 is 0 Å². The van der Waals surface area contributed by atoms with Crippen molar-refractivity contribution in [3.63, 3.8) is 0 Å². The molecule has 0 fully saturated rings. The van der Waals surface area contributed by atoms with Crippen LogP contribution in [0.2, 0.25) is 0 Å². The fourth-order valence-electron chi connectivity index (χ4n) is 2.23. The van der Waals surface area contributed by atoms with Gasteiger partial charge in [-0.05, 0) is 53.4 Å². The molecule has 0 aromatic rings. The summed E-state index contributed by atoms with van der Waals surface area (Å²) in [5.41, 5.74) is 0. The smallest absolute Gasteiger partial charge is 0.157 e. The number of rotatable bonds is 28. The normalized spacial score (nSPS) is 14.4. The lowest BCUT2D eigenvalue weighted by atomic mass is 10.4. The molecule has 0 aliphatic rings. The molecule has 57 heavy (non-hydrogen) atoms. The second kappa shape index (κ2) is 64.3. The van der Waals surface area contributed by atoms with Crippen molar-refractivity contribution >= 4 is 0 Å². The summed E-state index contributed by atoms with van der Waals surface area (Å²) in [6.45, 7) is 16.8. The molecular weight excluding hydrogens is 768 g/mol. The Kier molecular flexibility index (Phi) is 79.8. The van der Waals surface area contributed by atoms with Gasteiger partial charge in [0.25, 0.3) is 0 Å². The zero-order valence-corrected chi connectivity index (χ0v) is 35.9. The molecule has 8 atom stereocenters. The van der Waals surface area contributed by atoms with Crippen molar-refractivity contribution in [1.82, 2.24) is 0 Å². The second-order valence-electron chi connectivity index (χ2n) is 11.3. The standard InChI is InChI=1S/C9H20O4.C6H14O4.2C6H14O3.C4H10O3.C3H8O2.C2H6O2/c1-4-8(10)12-6-7(3)13-9(11)5-2;7-1-3-9-5-6-10-4-2-8;1-5(7)3-9-4-6(2)8;1-3-5(7)9-6(8)4-2;5-1-3-7-4-2-6;1-3(5)2-4;3-1-2-4/h7-11H,4-6H2,1-3H3;7-8H,1-6H2;2*5-8H,3-4H2,1-2H3;5-6H,1-4H2;3-5H,2H2,1H3;3-4H,1-2H2. The van der Waals surface area contributed by atoms with Gasteiger partial charge in [0.15, 0.2) is 25.2 Å². The fourth-order valence-corrected chi connectivity index (χ4v) is 2.23. The molecule has 0 aromatic heterocycles. The van der Waals surface area contributed by atoms with Crippen LogP contribution in [0.1, 0.15) is 81.1 Å². The number of hydrogen-bond donors (Lipinski definition) is 14. The molecule has 8 unspecified atom stereocenters. The van der Waals surface area contributed by atoms with Crippen molar-refractivity contribution in [3.8, 4) is 0 Å². The number of ether oxygens (including phenoxy) is 7. The van der Waals surface area contributed by atoms with Gasteiger partial charge < -0.3 is 105 Å². The van der Waals surface area contributed by atoms with E-state index >= 15 is 0 Å². The summed E-state index contributed by atoms with van der Waals surface area (Å²) < 4.78 is 34.0. The van der Waals surface area contributed by atoms with E-state index in [1.165, 1.54) is 6.92 Å². The highest BCUT2D eigenvalue weighted by molar-refractivity contribution is 4.50. The zero-order valence-electron chi connectivity index (χ0n) is 35.9. The Hall–Kier alpha value is -0.840. The largest absolute Gasteiger partial charge is 0.394 e. The van der Waals surface area contributed by atoms with E-state index in [4.69, 9.17) is 95.2 Å². The van der Waals surface area contributed by atoms with E-state index in [9.17, 15) is 0 Å². The summed E-state index contributed by atoms with van der Waals surface area (Å²) in [6, 6.07) is 0. The molecule has 0 saturated heterocycles. The van der Waals surface area contributed by atoms with Crippen LogP contribution in [0.15, 0.2) is 0 Å². The molecule has 21 heteroatoms. The maximum Gasteiger partial charge on any atom is 0.157 e. The Morgan fingerprint density at radius 2 is 0.649 bits per heavy atom. The molecule has 0 aromatic carbocycles. The van der Waals surface area contributed by atoms with E-state index in [1.807, 2.05) is 13.8 Å². The van der Waals surface area contributed by atoms with E-state index in [2.05, 4.69) is 9.47 Å². The van der Waals surface area contributed by atoms with Crippen LogP contribution in [0.25, 0.3) is 0 Å². The van der Waals surface area contributed by atoms with Gasteiger partial charge in [0, 0.05) is 0 Å². The molecule has 0 aliphatic heterocycles. The van der Waals surface area contributed by atoms with Crippen molar-refractivity contribution in [2.45, 2.75) is 131 Å². The molecule has 356 valence electrons. The summed E-state index contributed by atoms with van der Waals surface area (Å²) in [6.07, 6.45) is -2.61. The fraction of sp³-hybridized carbons (Fsp3) is 1.00. The zero-order chi connectivity index (χ0) is 45.7. The maximum atomic E-state index is 9.11. The summed E-state index contributed by atoms with van der Waals surface area (Å²) in [5, 5.41) is 117. The third kappa shape index (κ3) is 96.7. The van der Waals surface area contributed by atoms with E-state index in [0.29, 0.717) is 85.1 Å². The molecule has 0 heterocycles. The quantitative estimate of drug-likeness (QED) is 0.0284. The van der Waals surface area contributed by atoms with Crippen molar-refractivity contribution < 1.29 is 105 Å². The SMILES string of the molecule is CC(O)CO.CC(O)COCC(C)O.CCC(O)OC(O)CC.CCC(O)OCC(C)OC(O)CC.OCCO.OCCOCCO.OCCOCCOCCO. The Morgan fingerprint density at radius 1 is 0.351 bits per heavy atom. The Bertz CT molecular complexity index is 597. The molecule has 0 aliphatic carbocycles. The monoisotopic (exact) mass is 855 g/mol. The van der Waals surface area contributed by atoms with Crippen LogP contribution in [-0.2, 0) is 33.2 Å². The molecule has 0 radical (unpaired) electrons. The highest BCUT2D eigenvalue weighted by Crippen LogP contribution is 2.02. The van der Waals surface area contributed by atoms with E-state index in [0.717, 1.165) is 0 Å². The van der Waals surface area contributed by atoms with Gasteiger partial charge in [-0.15, -0.1) is 0 Å². The molecule has 14 N–H and O–H groups in total. The Morgan fingerprint density at radius 3 is 0.895 bits per heavy atom. The molecule has 21 nitrogen and oxygen atoms in total. The van der Waals surface area contributed by atoms with Crippen LogP contribution in [0, 0.1) is 0 Å². The molecule has 0 bridgehead atoms. The topological polar surface area (TPSA) is 348 Å². The van der Waals surface area contributed by atoms with Crippen LogP contribution in [0.3, 0.4) is 0 Å². The van der Waals surface area contributed by atoms with Crippen LogP contribution in [0.5, 0.6) is 0 Å². The number of aliphatic hydroxyl groups is 14. The molecular formula is C36H86O21. The second-order valence-corrected chi connectivity index (χ2v) is 11.3. The lowest BCUT2D eigenvalue weighted by Gasteiger charge is -2.18. The van der Waals surface area contributed by atoms with Gasteiger partial charge in [0.05, 0.1) is 130 Å². The lowest BCUT2D eigenvalue weighted by Crippen LogP contribution is -2.25. The van der Waals surface area contributed by atoms with Gasteiger partial charge in [-0.1, -0.05) is 27.7 Å². The first kappa shape index (κ1) is 70.7. The van der Waals surface area contributed by atoms with Crippen LogP contribution in [0.4, 0.5) is 0 Å². The van der Waals surface area contributed by atoms with Crippen molar-refractivity contribution in [1.29, 1.82) is 0 Å². The van der Waals surface area contributed by atoms with Crippen LogP contribution in [-0.4, -0.2) is 227 Å². The first-order valence-electron chi connectivity index (χ1n) is 19.2. The minimum absolute atomic E-state index is 0.0278. The van der Waals surface area contributed by atoms with E-state index in [1.54, 1.807) is 34.6 Å². The van der Waals surface area contributed by atoms with E-state index < -0.39 is 43.5 Å². The van der Waals surface area contributed by atoms with Crippen LogP contribution < -0.4 is 0 Å². The van der Waals surface area contributed by atoms with Gasteiger partial charge >= 0.3 is 0 Å². The number of hydrogen-bond acceptors (Lipinski definition) is 21. The van der Waals surface area contributed by atoms with Gasteiger partial charge in [0.2, 0.25) is 0 Å². The Balaban J connectivity index is -0.000000105. The van der Waals surface area contributed by atoms with Gasteiger partial charge in [0.1, 0.15) is 0 Å². The predicted molar refractivity (Wildman–Crippen MR) is 211 cm³/mol. The van der Waals surface area contributed by atoms with E-state index in [-0.39, 0.29) is 52.4 Å². The minimum Gasteiger partial charge on any atom is -0.394 e. The molecule has 0 rings (SSSR count). The highest BCUT2D eigenvalue weighted by Gasteiger charge is 2.10. The third-order valence-corrected chi connectivity index (χ3v) is 5.02. The highest BCUT2D eigenvalue weighted by atomic mass is 16.7. The van der Waals surface area contributed by atoms with Gasteiger partial charge in [-0.2, -0.15) is 0 Å². The van der Waals surface area contributed by atoms with Gasteiger partial charge in [-0.3, -0.25) is 0 Å². The van der Waals surface area contributed by atoms with Crippen molar-refractivity contribution in [2.75, 3.05) is 106 Å². The van der Waals surface area contributed by atoms with Gasteiger partial charge in [-0.25, -0.2) is 0 Å². The minimum atomic E-state index is -0.819. The summed E-state index contributed by atoms with van der Waals surface area (Å²) in [7, 11) is 0. The van der Waals surface area contributed by atoms with Crippen molar-refractivity contribution in [2.24, 2.45) is 0 Å². The van der Waals surface area contributed by atoms with Crippen molar-refractivity contribution in [3.05, 3.63) is 0 Å². The lowest BCUT2D eigenvalue weighted by molar-refractivity contribution is -0.208. The third-order valence-electron chi connectivity index (χ3n) is 5.02. The molecule has 0 spiro atoms. The maximum absolute atomic E-state index is 9.11. The first-order valence-corrected chi connectivity index (χ1v) is 19.2.